The highest BCUT2D eigenvalue weighted by Crippen LogP contribution is 2.30. The minimum absolute atomic E-state index is 0.151. The summed E-state index contributed by atoms with van der Waals surface area (Å²) in [7, 11) is 0. The molecule has 0 aliphatic rings. The standard InChI is InChI=1S/C13H10BrNO2S/c1-9(15(16)17)7-12-5-6-13(18-12)10-3-2-4-11(14)8-10/h2-8H,1H3. The van der Waals surface area contributed by atoms with Crippen molar-refractivity contribution in [3.63, 3.8) is 0 Å². The number of nitro groups is 1. The Kier molecular flexibility index (Phi) is 3.93. The number of hydrogen-bond donors (Lipinski definition) is 0. The lowest BCUT2D eigenvalue weighted by Gasteiger charge is -1.97. The highest BCUT2D eigenvalue weighted by molar-refractivity contribution is 9.10. The predicted molar refractivity (Wildman–Crippen MR) is 78.1 cm³/mol. The van der Waals surface area contributed by atoms with Crippen LogP contribution in [0.3, 0.4) is 0 Å². The zero-order valence-corrected chi connectivity index (χ0v) is 12.0. The molecule has 0 fully saturated rings. The van der Waals surface area contributed by atoms with E-state index in [0.29, 0.717) is 0 Å². The molecule has 2 aromatic rings. The molecule has 1 aromatic heterocycles. The van der Waals surface area contributed by atoms with Crippen LogP contribution >= 0.6 is 27.3 Å². The molecule has 0 saturated carbocycles. The Hall–Kier alpha value is -1.46. The molecule has 92 valence electrons. The molecule has 0 spiro atoms. The van der Waals surface area contributed by atoms with Crippen molar-refractivity contribution in [2.45, 2.75) is 6.92 Å². The number of hydrogen-bond acceptors (Lipinski definition) is 3. The van der Waals surface area contributed by atoms with Crippen LogP contribution in [0.5, 0.6) is 0 Å². The maximum atomic E-state index is 10.6. The molecule has 0 N–H and O–H groups in total. The van der Waals surface area contributed by atoms with E-state index in [2.05, 4.69) is 15.9 Å². The molecule has 1 aromatic carbocycles. The topological polar surface area (TPSA) is 43.1 Å². The monoisotopic (exact) mass is 323 g/mol. The molecule has 2 rings (SSSR count). The summed E-state index contributed by atoms with van der Waals surface area (Å²) in [6.45, 7) is 1.50. The van der Waals surface area contributed by atoms with Crippen LogP contribution < -0.4 is 0 Å². The van der Waals surface area contributed by atoms with E-state index in [0.717, 1.165) is 19.8 Å². The normalized spacial score (nSPS) is 11.6. The van der Waals surface area contributed by atoms with Gasteiger partial charge in [-0.1, -0.05) is 28.1 Å². The first-order valence-electron chi connectivity index (χ1n) is 5.25. The third-order valence-corrected chi connectivity index (χ3v) is 3.95. The van der Waals surface area contributed by atoms with E-state index < -0.39 is 0 Å². The second-order valence-corrected chi connectivity index (χ2v) is 5.79. The van der Waals surface area contributed by atoms with E-state index in [1.54, 1.807) is 6.08 Å². The zero-order valence-electron chi connectivity index (χ0n) is 9.59. The summed E-state index contributed by atoms with van der Waals surface area (Å²) in [6.07, 6.45) is 1.59. The van der Waals surface area contributed by atoms with Crippen LogP contribution in [0.4, 0.5) is 0 Å². The minimum atomic E-state index is -0.376. The Morgan fingerprint density at radius 1 is 1.39 bits per heavy atom. The number of benzene rings is 1. The van der Waals surface area contributed by atoms with Crippen molar-refractivity contribution >= 4 is 33.3 Å². The number of rotatable bonds is 3. The molecule has 0 atom stereocenters. The van der Waals surface area contributed by atoms with Crippen LogP contribution in [0.15, 0.2) is 46.6 Å². The van der Waals surface area contributed by atoms with Crippen molar-refractivity contribution in [3.8, 4) is 10.4 Å². The average molecular weight is 324 g/mol. The summed E-state index contributed by atoms with van der Waals surface area (Å²) in [5.74, 6) is 0. The van der Waals surface area contributed by atoms with Gasteiger partial charge in [-0.25, -0.2) is 0 Å². The Bertz CT molecular complexity index is 619. The van der Waals surface area contributed by atoms with Crippen molar-refractivity contribution in [2.75, 3.05) is 0 Å². The van der Waals surface area contributed by atoms with Gasteiger partial charge in [0.2, 0.25) is 5.70 Å². The molecule has 0 saturated heterocycles. The molecular formula is C13H10BrNO2S. The molecule has 0 aliphatic heterocycles. The van der Waals surface area contributed by atoms with Gasteiger partial charge in [-0.05, 0) is 29.8 Å². The van der Waals surface area contributed by atoms with Crippen LogP contribution in [-0.2, 0) is 0 Å². The Labute approximate surface area is 117 Å². The molecule has 3 nitrogen and oxygen atoms in total. The highest BCUT2D eigenvalue weighted by Gasteiger charge is 2.06. The molecule has 18 heavy (non-hydrogen) atoms. The summed E-state index contributed by atoms with van der Waals surface area (Å²) >= 11 is 4.97. The molecule has 0 aliphatic carbocycles. The van der Waals surface area contributed by atoms with E-state index in [-0.39, 0.29) is 10.6 Å². The molecule has 0 radical (unpaired) electrons. The summed E-state index contributed by atoms with van der Waals surface area (Å²) < 4.78 is 1.02. The quantitative estimate of drug-likeness (QED) is 0.600. The first-order valence-corrected chi connectivity index (χ1v) is 6.85. The molecule has 0 bridgehead atoms. The van der Waals surface area contributed by atoms with E-state index in [1.165, 1.54) is 18.3 Å². The van der Waals surface area contributed by atoms with E-state index in [1.807, 2.05) is 36.4 Å². The second-order valence-electron chi connectivity index (χ2n) is 3.76. The maximum absolute atomic E-state index is 10.6. The van der Waals surface area contributed by atoms with Gasteiger partial charge >= 0.3 is 0 Å². The van der Waals surface area contributed by atoms with Gasteiger partial charge in [-0.3, -0.25) is 10.1 Å². The van der Waals surface area contributed by atoms with Crippen molar-refractivity contribution < 1.29 is 4.92 Å². The Balaban J connectivity index is 2.31. The number of thiophene rings is 1. The lowest BCUT2D eigenvalue weighted by Crippen LogP contribution is -1.91. The Morgan fingerprint density at radius 3 is 2.83 bits per heavy atom. The van der Waals surface area contributed by atoms with E-state index >= 15 is 0 Å². The van der Waals surface area contributed by atoms with Gasteiger partial charge in [0.15, 0.2) is 0 Å². The van der Waals surface area contributed by atoms with Crippen molar-refractivity contribution in [1.29, 1.82) is 0 Å². The Morgan fingerprint density at radius 2 is 2.17 bits per heavy atom. The lowest BCUT2D eigenvalue weighted by atomic mass is 10.2. The predicted octanol–water partition coefficient (Wildman–Crippen LogP) is 4.82. The minimum Gasteiger partial charge on any atom is -0.259 e. The van der Waals surface area contributed by atoms with Gasteiger partial charge in [0.05, 0.1) is 4.92 Å². The fraction of sp³-hybridized carbons (Fsp3) is 0.0769. The van der Waals surface area contributed by atoms with Crippen LogP contribution in [0.1, 0.15) is 11.8 Å². The first kappa shape index (κ1) is 13.0. The lowest BCUT2D eigenvalue weighted by molar-refractivity contribution is -0.422. The van der Waals surface area contributed by atoms with Crippen LogP contribution in [0.2, 0.25) is 0 Å². The maximum Gasteiger partial charge on any atom is 0.244 e. The summed E-state index contributed by atoms with van der Waals surface area (Å²) in [5.41, 5.74) is 1.26. The van der Waals surface area contributed by atoms with Gasteiger partial charge < -0.3 is 0 Å². The third kappa shape index (κ3) is 3.05. The van der Waals surface area contributed by atoms with Crippen LogP contribution in [0, 0.1) is 10.1 Å². The van der Waals surface area contributed by atoms with Gasteiger partial charge in [-0.15, -0.1) is 11.3 Å². The van der Waals surface area contributed by atoms with Crippen LogP contribution in [-0.4, -0.2) is 4.92 Å². The third-order valence-electron chi connectivity index (χ3n) is 2.38. The van der Waals surface area contributed by atoms with Crippen molar-refractivity contribution in [2.24, 2.45) is 0 Å². The van der Waals surface area contributed by atoms with E-state index in [9.17, 15) is 10.1 Å². The fourth-order valence-corrected chi connectivity index (χ4v) is 2.89. The molecule has 0 unspecified atom stereocenters. The SMILES string of the molecule is CC(=Cc1ccc(-c2cccc(Br)c2)s1)[N+](=O)[O-]. The number of nitrogens with zero attached hydrogens (tertiary/aromatic N) is 1. The van der Waals surface area contributed by atoms with Gasteiger partial charge in [0.1, 0.15) is 0 Å². The van der Waals surface area contributed by atoms with Crippen molar-refractivity contribution in [3.05, 3.63) is 61.6 Å². The van der Waals surface area contributed by atoms with Gasteiger partial charge in [0.25, 0.3) is 0 Å². The smallest absolute Gasteiger partial charge is 0.244 e. The average Bonchev–Trinajstić information content (AvgIpc) is 2.77. The zero-order chi connectivity index (χ0) is 13.1. The molecule has 0 amide bonds. The second kappa shape index (κ2) is 5.46. The summed E-state index contributed by atoms with van der Waals surface area (Å²) in [6, 6.07) is 11.9. The number of halogens is 1. The molecule has 1 heterocycles. The van der Waals surface area contributed by atoms with Gasteiger partial charge in [0, 0.05) is 27.2 Å². The molecule has 5 heteroatoms. The van der Waals surface area contributed by atoms with Crippen LogP contribution in [0.25, 0.3) is 16.5 Å². The summed E-state index contributed by atoms with van der Waals surface area (Å²) in [4.78, 5) is 12.2. The van der Waals surface area contributed by atoms with Crippen molar-refractivity contribution in [1.82, 2.24) is 0 Å². The van der Waals surface area contributed by atoms with Gasteiger partial charge in [-0.2, -0.15) is 0 Å². The summed E-state index contributed by atoms with van der Waals surface area (Å²) in [5, 5.41) is 10.6. The molecular weight excluding hydrogens is 314 g/mol. The largest absolute Gasteiger partial charge is 0.259 e. The first-order chi connectivity index (χ1) is 8.56. The highest BCUT2D eigenvalue weighted by atomic mass is 79.9. The van der Waals surface area contributed by atoms with E-state index in [4.69, 9.17) is 0 Å². The number of allylic oxidation sites excluding steroid dienone is 1. The fourth-order valence-electron chi connectivity index (χ4n) is 1.49.